The lowest BCUT2D eigenvalue weighted by molar-refractivity contribution is 0.0519. The molecule has 2 N–H and O–H groups in total. The molecule has 7 heteroatoms. The number of nitrogens with zero attached hydrogens (tertiary/aromatic N) is 3. The topological polar surface area (TPSA) is 91.7 Å². The Balaban J connectivity index is 2.31. The summed E-state index contributed by atoms with van der Waals surface area (Å²) < 4.78 is 11.7. The van der Waals surface area contributed by atoms with Gasteiger partial charge in [0, 0.05) is 5.39 Å². The first-order chi connectivity index (χ1) is 10.2. The number of rotatable bonds is 3. The number of aromatic nitrogens is 3. The Morgan fingerprint density at radius 1 is 1.43 bits per heavy atom. The number of ether oxygens (including phenoxy) is 2. The van der Waals surface area contributed by atoms with E-state index >= 15 is 0 Å². The molecule has 0 radical (unpaired) electrons. The largest absolute Gasteiger partial charge is 0.494 e. The summed E-state index contributed by atoms with van der Waals surface area (Å²) >= 11 is 0. The molecule has 0 unspecified atom stereocenters. The number of nitrogen functional groups attached to an aromatic ring is 1. The fourth-order valence-corrected chi connectivity index (χ4v) is 2.22. The second-order valence-electron chi connectivity index (χ2n) is 4.37. The van der Waals surface area contributed by atoms with Crippen molar-refractivity contribution in [3.05, 3.63) is 30.0 Å². The lowest BCUT2D eigenvalue weighted by Crippen LogP contribution is -2.07. The number of fused-ring (bicyclic) bond motifs is 3. The SMILES string of the molecule is CCOC(=O)c1cc2c3cccc(OC)c3nc(N)n2n1. The van der Waals surface area contributed by atoms with Crippen LogP contribution in [0.5, 0.6) is 5.75 Å². The van der Waals surface area contributed by atoms with Crippen LogP contribution in [-0.2, 0) is 4.74 Å². The summed E-state index contributed by atoms with van der Waals surface area (Å²) in [5.74, 6) is 0.301. The number of para-hydroxylation sites is 1. The molecular weight excluding hydrogens is 272 g/mol. The van der Waals surface area contributed by atoms with Crippen molar-refractivity contribution in [3.63, 3.8) is 0 Å². The molecule has 0 aliphatic heterocycles. The quantitative estimate of drug-likeness (QED) is 0.736. The van der Waals surface area contributed by atoms with Gasteiger partial charge in [0.15, 0.2) is 5.69 Å². The number of hydrogen-bond donors (Lipinski definition) is 1. The number of esters is 1. The molecule has 1 aromatic carbocycles. The fraction of sp³-hybridized carbons (Fsp3) is 0.214. The van der Waals surface area contributed by atoms with E-state index in [9.17, 15) is 4.79 Å². The highest BCUT2D eigenvalue weighted by Crippen LogP contribution is 2.28. The van der Waals surface area contributed by atoms with Crippen LogP contribution in [-0.4, -0.2) is 34.3 Å². The Kier molecular flexibility index (Phi) is 3.09. The Labute approximate surface area is 120 Å². The van der Waals surface area contributed by atoms with Crippen LogP contribution in [0.15, 0.2) is 24.3 Å². The van der Waals surface area contributed by atoms with Crippen molar-refractivity contribution < 1.29 is 14.3 Å². The zero-order valence-corrected chi connectivity index (χ0v) is 11.7. The van der Waals surface area contributed by atoms with Gasteiger partial charge in [0.1, 0.15) is 11.3 Å². The number of nitrogens with two attached hydrogens (primary N) is 1. The minimum Gasteiger partial charge on any atom is -0.494 e. The van der Waals surface area contributed by atoms with Gasteiger partial charge in [-0.2, -0.15) is 9.61 Å². The third kappa shape index (κ3) is 2.03. The normalized spacial score (nSPS) is 11.0. The summed E-state index contributed by atoms with van der Waals surface area (Å²) in [5, 5.41) is 4.95. The van der Waals surface area contributed by atoms with Crippen molar-refractivity contribution in [2.24, 2.45) is 0 Å². The van der Waals surface area contributed by atoms with Gasteiger partial charge in [0.2, 0.25) is 5.95 Å². The summed E-state index contributed by atoms with van der Waals surface area (Å²) in [5.41, 5.74) is 7.42. The Hall–Kier alpha value is -2.83. The monoisotopic (exact) mass is 286 g/mol. The molecule has 0 spiro atoms. The van der Waals surface area contributed by atoms with E-state index in [2.05, 4.69) is 10.1 Å². The van der Waals surface area contributed by atoms with Gasteiger partial charge in [-0.25, -0.2) is 9.78 Å². The standard InChI is InChI=1S/C14H14N4O3/c1-3-21-13(19)9-7-10-8-5-4-6-11(20-2)12(8)16-14(15)18(10)17-9/h4-7H,3H2,1-2H3,(H2,15,16). The maximum Gasteiger partial charge on any atom is 0.358 e. The number of carbonyl (C=O) groups is 1. The number of methoxy groups -OCH3 is 1. The van der Waals surface area contributed by atoms with E-state index < -0.39 is 5.97 Å². The summed E-state index contributed by atoms with van der Waals surface area (Å²) in [6.45, 7) is 2.03. The lowest BCUT2D eigenvalue weighted by atomic mass is 10.2. The van der Waals surface area contributed by atoms with E-state index in [1.807, 2.05) is 12.1 Å². The predicted octanol–water partition coefficient (Wildman–Crippen LogP) is 1.65. The molecular formula is C14H14N4O3. The van der Waals surface area contributed by atoms with Crippen molar-refractivity contribution in [2.75, 3.05) is 19.5 Å². The molecule has 0 bridgehead atoms. The second-order valence-corrected chi connectivity index (χ2v) is 4.37. The number of anilines is 1. The molecule has 0 saturated heterocycles. The van der Waals surface area contributed by atoms with Gasteiger partial charge in [0.25, 0.3) is 0 Å². The molecule has 3 rings (SSSR count). The first-order valence-corrected chi connectivity index (χ1v) is 6.44. The number of carbonyl (C=O) groups excluding carboxylic acids is 1. The molecule has 3 aromatic rings. The van der Waals surface area contributed by atoms with Crippen molar-refractivity contribution in [3.8, 4) is 5.75 Å². The average molecular weight is 286 g/mol. The molecule has 2 heterocycles. The zero-order valence-electron chi connectivity index (χ0n) is 11.7. The highest BCUT2D eigenvalue weighted by atomic mass is 16.5. The van der Waals surface area contributed by atoms with Gasteiger partial charge in [-0.1, -0.05) is 12.1 Å². The van der Waals surface area contributed by atoms with Crippen LogP contribution in [0.4, 0.5) is 5.95 Å². The molecule has 0 aliphatic carbocycles. The second kappa shape index (κ2) is 4.93. The maximum absolute atomic E-state index is 11.8. The van der Waals surface area contributed by atoms with E-state index in [1.165, 1.54) is 4.52 Å². The van der Waals surface area contributed by atoms with Crippen molar-refractivity contribution in [1.29, 1.82) is 0 Å². The summed E-state index contributed by atoms with van der Waals surface area (Å²) in [6, 6.07) is 7.15. The van der Waals surface area contributed by atoms with E-state index in [0.717, 1.165) is 5.39 Å². The summed E-state index contributed by atoms with van der Waals surface area (Å²) in [6.07, 6.45) is 0. The Morgan fingerprint density at radius 2 is 2.24 bits per heavy atom. The summed E-state index contributed by atoms with van der Waals surface area (Å²) in [4.78, 5) is 16.1. The number of hydrogen-bond acceptors (Lipinski definition) is 6. The van der Waals surface area contributed by atoms with E-state index in [-0.39, 0.29) is 18.2 Å². The minimum absolute atomic E-state index is 0.178. The molecule has 0 atom stereocenters. The van der Waals surface area contributed by atoms with Crippen LogP contribution >= 0.6 is 0 Å². The lowest BCUT2D eigenvalue weighted by Gasteiger charge is -2.07. The van der Waals surface area contributed by atoms with Gasteiger partial charge < -0.3 is 15.2 Å². The third-order valence-corrected chi connectivity index (χ3v) is 3.13. The van der Waals surface area contributed by atoms with Crippen molar-refractivity contribution in [1.82, 2.24) is 14.6 Å². The van der Waals surface area contributed by atoms with Crippen molar-refractivity contribution >= 4 is 28.3 Å². The Bertz CT molecular complexity index is 841. The zero-order chi connectivity index (χ0) is 15.0. The highest BCUT2D eigenvalue weighted by molar-refractivity contribution is 6.00. The molecule has 0 saturated carbocycles. The molecule has 0 amide bonds. The molecule has 2 aromatic heterocycles. The number of benzene rings is 1. The third-order valence-electron chi connectivity index (χ3n) is 3.13. The van der Waals surface area contributed by atoms with Crippen LogP contribution < -0.4 is 10.5 Å². The van der Waals surface area contributed by atoms with Crippen molar-refractivity contribution in [2.45, 2.75) is 6.92 Å². The van der Waals surface area contributed by atoms with Gasteiger partial charge >= 0.3 is 5.97 Å². The van der Waals surface area contributed by atoms with E-state index in [1.54, 1.807) is 26.2 Å². The maximum atomic E-state index is 11.8. The molecule has 0 fully saturated rings. The van der Waals surface area contributed by atoms with E-state index in [4.69, 9.17) is 15.2 Å². The molecule has 21 heavy (non-hydrogen) atoms. The predicted molar refractivity (Wildman–Crippen MR) is 77.4 cm³/mol. The smallest absolute Gasteiger partial charge is 0.358 e. The van der Waals surface area contributed by atoms with Gasteiger partial charge in [0.05, 0.1) is 19.2 Å². The molecule has 0 aliphatic rings. The minimum atomic E-state index is -0.489. The molecule has 108 valence electrons. The highest BCUT2D eigenvalue weighted by Gasteiger charge is 2.17. The average Bonchev–Trinajstić information content (AvgIpc) is 2.93. The van der Waals surface area contributed by atoms with Gasteiger partial charge in [-0.05, 0) is 19.1 Å². The molecule has 7 nitrogen and oxygen atoms in total. The summed E-state index contributed by atoms with van der Waals surface area (Å²) in [7, 11) is 1.57. The first kappa shape index (κ1) is 13.2. The van der Waals surface area contributed by atoms with Crippen LogP contribution in [0, 0.1) is 0 Å². The Morgan fingerprint density at radius 3 is 2.95 bits per heavy atom. The van der Waals surface area contributed by atoms with Crippen LogP contribution in [0.3, 0.4) is 0 Å². The van der Waals surface area contributed by atoms with Gasteiger partial charge in [-0.3, -0.25) is 0 Å². The van der Waals surface area contributed by atoms with Crippen LogP contribution in [0.2, 0.25) is 0 Å². The van der Waals surface area contributed by atoms with Gasteiger partial charge in [-0.15, -0.1) is 0 Å². The first-order valence-electron chi connectivity index (χ1n) is 6.44. The fourth-order valence-electron chi connectivity index (χ4n) is 2.22. The van der Waals surface area contributed by atoms with E-state index in [0.29, 0.717) is 16.8 Å². The van der Waals surface area contributed by atoms with Crippen LogP contribution in [0.25, 0.3) is 16.4 Å². The van der Waals surface area contributed by atoms with Crippen LogP contribution in [0.1, 0.15) is 17.4 Å².